The number of benzene rings is 1. The predicted octanol–water partition coefficient (Wildman–Crippen LogP) is 2.40. The average molecular weight is 335 g/mol. The zero-order valence-corrected chi connectivity index (χ0v) is 14.3. The number of carbonyl (C=O) groups excluding carboxylic acids is 1. The molecule has 124 valence electrons. The Bertz CT molecular complexity index is 779. The van der Waals surface area contributed by atoms with Crippen molar-refractivity contribution in [3.63, 3.8) is 0 Å². The van der Waals surface area contributed by atoms with Gasteiger partial charge >= 0.3 is 0 Å². The average Bonchev–Trinajstić information content (AvgIpc) is 2.95. The van der Waals surface area contributed by atoms with Crippen LogP contribution in [-0.2, 0) is 21.1 Å². The Morgan fingerprint density at radius 1 is 1.30 bits per heavy atom. The molecule has 0 fully saturated rings. The van der Waals surface area contributed by atoms with Crippen LogP contribution in [0.15, 0.2) is 30.3 Å². The molecule has 0 spiro atoms. The molecule has 0 saturated heterocycles. The van der Waals surface area contributed by atoms with Crippen LogP contribution in [0.4, 0.5) is 5.82 Å². The van der Waals surface area contributed by atoms with Crippen molar-refractivity contribution in [2.75, 3.05) is 11.6 Å². The Labute approximate surface area is 136 Å². The number of anilines is 1. The molecule has 6 nitrogen and oxygen atoms in total. The second-order valence-electron chi connectivity index (χ2n) is 5.57. The first-order chi connectivity index (χ1) is 10.8. The summed E-state index contributed by atoms with van der Waals surface area (Å²) in [5.41, 5.74) is 2.98. The van der Waals surface area contributed by atoms with Crippen molar-refractivity contribution >= 4 is 21.6 Å². The maximum atomic E-state index is 11.9. The maximum Gasteiger partial charge on any atom is 0.243 e. The summed E-state index contributed by atoms with van der Waals surface area (Å²) in [6.45, 7) is 3.49. The van der Waals surface area contributed by atoms with E-state index in [4.69, 9.17) is 0 Å². The zero-order chi connectivity index (χ0) is 17.0. The third-order valence-electron chi connectivity index (χ3n) is 3.64. The van der Waals surface area contributed by atoms with E-state index >= 15 is 0 Å². The normalized spacial score (nSPS) is 12.8. The summed E-state index contributed by atoms with van der Waals surface area (Å²) >= 11 is 0. The van der Waals surface area contributed by atoms with Crippen molar-refractivity contribution in [2.24, 2.45) is 0 Å². The Balaban J connectivity index is 2.10. The quantitative estimate of drug-likeness (QED) is 0.848. The van der Waals surface area contributed by atoms with Gasteiger partial charge in [0.15, 0.2) is 15.7 Å². The van der Waals surface area contributed by atoms with Crippen molar-refractivity contribution in [1.29, 1.82) is 0 Å². The third-order valence-corrected chi connectivity index (χ3v) is 5.14. The summed E-state index contributed by atoms with van der Waals surface area (Å²) in [5, 5.41) is 8.24. The molecule has 0 aliphatic rings. The van der Waals surface area contributed by atoms with Gasteiger partial charge < -0.3 is 5.32 Å². The van der Waals surface area contributed by atoms with Crippen molar-refractivity contribution in [1.82, 2.24) is 10.2 Å². The molecule has 0 aliphatic heterocycles. The number of aromatic amines is 1. The number of sulfone groups is 1. The number of aromatic nitrogens is 2. The number of amides is 1. The molecule has 0 aliphatic carbocycles. The second kappa shape index (κ2) is 6.95. The SMILES string of the molecule is CCCc1ccc(-c2cc(NC(=O)[C@@H](C)S(C)(=O)=O)n[nH]2)cc1. The summed E-state index contributed by atoms with van der Waals surface area (Å²) < 4.78 is 22.8. The number of carbonyl (C=O) groups is 1. The molecular weight excluding hydrogens is 314 g/mol. The Hall–Kier alpha value is -2.15. The number of hydrogen-bond donors (Lipinski definition) is 2. The summed E-state index contributed by atoms with van der Waals surface area (Å²) in [4.78, 5) is 11.9. The highest BCUT2D eigenvalue weighted by Gasteiger charge is 2.24. The first-order valence-corrected chi connectivity index (χ1v) is 9.41. The van der Waals surface area contributed by atoms with Crippen LogP contribution >= 0.6 is 0 Å². The van der Waals surface area contributed by atoms with Gasteiger partial charge in [-0.15, -0.1) is 0 Å². The highest BCUT2D eigenvalue weighted by molar-refractivity contribution is 7.92. The van der Waals surface area contributed by atoms with Crippen LogP contribution in [0, 0.1) is 0 Å². The van der Waals surface area contributed by atoms with E-state index < -0.39 is 21.0 Å². The molecule has 1 atom stereocenters. The molecular formula is C16H21N3O3S. The largest absolute Gasteiger partial charge is 0.308 e. The van der Waals surface area contributed by atoms with Gasteiger partial charge in [-0.05, 0) is 24.5 Å². The number of nitrogens with one attached hydrogen (secondary N) is 2. The highest BCUT2D eigenvalue weighted by Crippen LogP contribution is 2.21. The van der Waals surface area contributed by atoms with E-state index in [1.54, 1.807) is 6.07 Å². The maximum absolute atomic E-state index is 11.9. The molecule has 7 heteroatoms. The van der Waals surface area contributed by atoms with Crippen LogP contribution in [0.3, 0.4) is 0 Å². The van der Waals surface area contributed by atoms with Crippen molar-refractivity contribution in [3.8, 4) is 11.3 Å². The molecule has 1 heterocycles. The molecule has 1 aromatic heterocycles. The molecule has 1 aromatic carbocycles. The van der Waals surface area contributed by atoms with Crippen molar-refractivity contribution in [3.05, 3.63) is 35.9 Å². The smallest absolute Gasteiger partial charge is 0.243 e. The molecule has 0 saturated carbocycles. The Morgan fingerprint density at radius 3 is 2.52 bits per heavy atom. The van der Waals surface area contributed by atoms with Gasteiger partial charge in [0.25, 0.3) is 0 Å². The lowest BCUT2D eigenvalue weighted by Gasteiger charge is -2.07. The van der Waals surface area contributed by atoms with Crippen LogP contribution < -0.4 is 5.32 Å². The molecule has 0 bridgehead atoms. The van der Waals surface area contributed by atoms with E-state index in [-0.39, 0.29) is 0 Å². The van der Waals surface area contributed by atoms with Gasteiger partial charge in [0.1, 0.15) is 5.25 Å². The molecule has 23 heavy (non-hydrogen) atoms. The van der Waals surface area contributed by atoms with E-state index in [1.807, 2.05) is 12.1 Å². The lowest BCUT2D eigenvalue weighted by molar-refractivity contribution is -0.115. The summed E-state index contributed by atoms with van der Waals surface area (Å²) in [6.07, 6.45) is 3.16. The van der Waals surface area contributed by atoms with Crippen LogP contribution in [0.25, 0.3) is 11.3 Å². The minimum Gasteiger partial charge on any atom is -0.308 e. The lowest BCUT2D eigenvalue weighted by atomic mass is 10.1. The Kier molecular flexibility index (Phi) is 5.20. The fourth-order valence-corrected chi connectivity index (χ4v) is 2.54. The molecule has 1 amide bonds. The summed E-state index contributed by atoms with van der Waals surface area (Å²) in [7, 11) is -3.43. The number of nitrogens with zero attached hydrogens (tertiary/aromatic N) is 1. The van der Waals surface area contributed by atoms with E-state index in [9.17, 15) is 13.2 Å². The van der Waals surface area contributed by atoms with Crippen molar-refractivity contribution < 1.29 is 13.2 Å². The van der Waals surface area contributed by atoms with E-state index in [2.05, 4.69) is 34.6 Å². The van der Waals surface area contributed by atoms with Gasteiger partial charge in [-0.3, -0.25) is 9.89 Å². The predicted molar refractivity (Wildman–Crippen MR) is 91.0 cm³/mol. The molecule has 0 radical (unpaired) electrons. The number of aryl methyl sites for hydroxylation is 1. The van der Waals surface area contributed by atoms with E-state index in [0.717, 1.165) is 30.4 Å². The molecule has 2 N–H and O–H groups in total. The van der Waals surface area contributed by atoms with Gasteiger partial charge in [-0.25, -0.2) is 8.42 Å². The van der Waals surface area contributed by atoms with Gasteiger partial charge in [0.05, 0.1) is 5.69 Å². The number of rotatable bonds is 6. The summed E-state index contributed by atoms with van der Waals surface area (Å²) in [6, 6.07) is 9.78. The van der Waals surface area contributed by atoms with Crippen molar-refractivity contribution in [2.45, 2.75) is 31.9 Å². The first kappa shape index (κ1) is 17.2. The highest BCUT2D eigenvalue weighted by atomic mass is 32.2. The van der Waals surface area contributed by atoms with E-state index in [0.29, 0.717) is 5.82 Å². The van der Waals surface area contributed by atoms with Gasteiger partial charge in [-0.2, -0.15) is 5.10 Å². The van der Waals surface area contributed by atoms with Crippen LogP contribution in [0.1, 0.15) is 25.8 Å². The Morgan fingerprint density at radius 2 is 1.96 bits per heavy atom. The lowest BCUT2D eigenvalue weighted by Crippen LogP contribution is -2.31. The van der Waals surface area contributed by atoms with Gasteiger partial charge in [0, 0.05) is 12.3 Å². The number of hydrogen-bond acceptors (Lipinski definition) is 4. The van der Waals surface area contributed by atoms with Crippen LogP contribution in [-0.4, -0.2) is 36.0 Å². The fourth-order valence-electron chi connectivity index (χ4n) is 2.10. The first-order valence-electron chi connectivity index (χ1n) is 7.45. The van der Waals surface area contributed by atoms with Gasteiger partial charge in [-0.1, -0.05) is 37.6 Å². The van der Waals surface area contributed by atoms with Crippen LogP contribution in [0.5, 0.6) is 0 Å². The minimum atomic E-state index is -3.43. The minimum absolute atomic E-state index is 0.304. The molecule has 2 aromatic rings. The fraction of sp³-hybridized carbons (Fsp3) is 0.375. The second-order valence-corrected chi connectivity index (χ2v) is 7.94. The van der Waals surface area contributed by atoms with E-state index in [1.165, 1.54) is 12.5 Å². The van der Waals surface area contributed by atoms with Crippen LogP contribution in [0.2, 0.25) is 0 Å². The molecule has 0 unspecified atom stereocenters. The summed E-state index contributed by atoms with van der Waals surface area (Å²) in [5.74, 6) is -0.290. The number of H-pyrrole nitrogens is 1. The molecule has 2 rings (SSSR count). The third kappa shape index (κ3) is 4.41. The topological polar surface area (TPSA) is 91.9 Å². The standard InChI is InChI=1S/C16H21N3O3S/c1-4-5-12-6-8-13(9-7-12)14-10-15(19-18-14)17-16(20)11(2)23(3,21)22/h6-11H,4-5H2,1-3H3,(H2,17,18,19,20)/t11-/m1/s1. The monoisotopic (exact) mass is 335 g/mol. The van der Waals surface area contributed by atoms with Gasteiger partial charge in [0.2, 0.25) is 5.91 Å². The zero-order valence-electron chi connectivity index (χ0n) is 13.5.